The molecule has 206 valence electrons. The molecule has 5 rings (SSSR count). The highest BCUT2D eigenvalue weighted by molar-refractivity contribution is 6.12. The third-order valence-corrected chi connectivity index (χ3v) is 7.08. The van der Waals surface area contributed by atoms with E-state index in [0.29, 0.717) is 53.2 Å². The molecular weight excluding hydrogens is 509 g/mol. The van der Waals surface area contributed by atoms with Crippen molar-refractivity contribution in [2.75, 3.05) is 5.32 Å². The number of ether oxygens (including phenoxy) is 1. The lowest BCUT2D eigenvalue weighted by Crippen LogP contribution is -2.33. The largest absolute Gasteiger partial charge is 0.462 e. The maximum absolute atomic E-state index is 14.0. The average Bonchev–Trinajstić information content (AvgIpc) is 3.28. The van der Waals surface area contributed by atoms with Crippen LogP contribution in [0.25, 0.3) is 22.4 Å². The van der Waals surface area contributed by atoms with Gasteiger partial charge in [-0.15, -0.1) is 0 Å². The molecule has 4 aromatic rings. The summed E-state index contributed by atoms with van der Waals surface area (Å²) in [6, 6.07) is 24.3. The molecule has 2 heterocycles. The molecule has 0 bridgehead atoms. The van der Waals surface area contributed by atoms with Gasteiger partial charge in [0.25, 0.3) is 5.91 Å². The minimum Gasteiger partial charge on any atom is -0.462 e. The molecule has 3 unspecified atom stereocenters. The maximum atomic E-state index is 14.0. The Morgan fingerprint density at radius 3 is 2.33 bits per heavy atom. The first-order valence-corrected chi connectivity index (χ1v) is 13.4. The van der Waals surface area contributed by atoms with Crippen molar-refractivity contribution in [1.82, 2.24) is 4.57 Å². The molecule has 40 heavy (non-hydrogen) atoms. The van der Waals surface area contributed by atoms with Crippen molar-refractivity contribution in [3.63, 3.8) is 0 Å². The highest BCUT2D eigenvalue weighted by Gasteiger charge is 2.32. The van der Waals surface area contributed by atoms with Gasteiger partial charge in [-0.2, -0.15) is 0 Å². The number of carbonyl (C=O) groups is 2. The zero-order valence-electron chi connectivity index (χ0n) is 22.2. The molecule has 1 fully saturated rings. The normalized spacial score (nSPS) is 17.8. The van der Waals surface area contributed by atoms with E-state index in [1.165, 1.54) is 12.1 Å². The lowest BCUT2D eigenvalue weighted by atomic mass is 9.95. The van der Waals surface area contributed by atoms with E-state index in [0.717, 1.165) is 5.56 Å². The van der Waals surface area contributed by atoms with Crippen LogP contribution in [0.1, 0.15) is 48.3 Å². The number of anilines is 1. The molecule has 1 saturated heterocycles. The van der Waals surface area contributed by atoms with Crippen molar-refractivity contribution in [3.8, 4) is 22.4 Å². The molecule has 0 aliphatic carbocycles. The Kier molecular flexibility index (Phi) is 8.09. The lowest BCUT2D eigenvalue weighted by Gasteiger charge is -2.27. The van der Waals surface area contributed by atoms with Crippen LogP contribution in [-0.2, 0) is 16.1 Å². The molecule has 0 radical (unpaired) electrons. The van der Waals surface area contributed by atoms with Crippen LogP contribution in [0.5, 0.6) is 0 Å². The number of halogens is 1. The van der Waals surface area contributed by atoms with Gasteiger partial charge in [0.15, 0.2) is 0 Å². The summed E-state index contributed by atoms with van der Waals surface area (Å²) in [6.07, 6.45) is -0.526. The fourth-order valence-electron chi connectivity index (χ4n) is 5.39. The van der Waals surface area contributed by atoms with E-state index < -0.39 is 24.2 Å². The lowest BCUT2D eigenvalue weighted by molar-refractivity contribution is -0.160. The summed E-state index contributed by atoms with van der Waals surface area (Å²) in [5.41, 5.74) is 11.1. The second-order valence-corrected chi connectivity index (χ2v) is 10.1. The van der Waals surface area contributed by atoms with Crippen LogP contribution in [0, 0.1) is 5.82 Å². The van der Waals surface area contributed by atoms with Crippen LogP contribution in [0.2, 0.25) is 0 Å². The monoisotopic (exact) mass is 541 g/mol. The number of aliphatic hydroxyl groups excluding tert-OH is 1. The third kappa shape index (κ3) is 5.83. The number of esters is 1. The van der Waals surface area contributed by atoms with Crippen molar-refractivity contribution < 1.29 is 23.8 Å². The Bertz CT molecular complexity index is 1480. The van der Waals surface area contributed by atoms with E-state index in [-0.39, 0.29) is 18.1 Å². The molecule has 3 aromatic carbocycles. The molecule has 1 aliphatic rings. The number of nitrogens with zero attached hydrogens (tertiary/aromatic N) is 1. The van der Waals surface area contributed by atoms with Crippen LogP contribution in [0.4, 0.5) is 10.1 Å². The van der Waals surface area contributed by atoms with Gasteiger partial charge in [-0.1, -0.05) is 48.5 Å². The van der Waals surface area contributed by atoms with Gasteiger partial charge in [-0.25, -0.2) is 4.39 Å². The van der Waals surface area contributed by atoms with Crippen LogP contribution >= 0.6 is 0 Å². The smallest absolute Gasteiger partial charge is 0.308 e. The van der Waals surface area contributed by atoms with Crippen molar-refractivity contribution in [3.05, 3.63) is 102 Å². The molecule has 1 amide bonds. The van der Waals surface area contributed by atoms with Gasteiger partial charge in [0.1, 0.15) is 11.9 Å². The number of nitrogens with two attached hydrogens (primary N) is 1. The summed E-state index contributed by atoms with van der Waals surface area (Å²) in [5.74, 6) is -1.13. The predicted molar refractivity (Wildman–Crippen MR) is 152 cm³/mol. The standard InChI is InChI=1S/C32H32FN3O4/c1-20(34)30-29(32(39)35-24-10-6-3-7-11-24)28(21-8-4-2-5-9-21)31(22-12-14-23(33)15-13-22)36(30)17-16-26-18-25(37)19-27(38)40-26/h2-15,20,25-26,37H,16-19,34H2,1H3,(H,35,39). The van der Waals surface area contributed by atoms with Crippen LogP contribution in [0.15, 0.2) is 84.9 Å². The quantitative estimate of drug-likeness (QED) is 0.249. The second-order valence-electron chi connectivity index (χ2n) is 10.1. The number of hydrogen-bond donors (Lipinski definition) is 3. The number of cyclic esters (lactones) is 1. The van der Waals surface area contributed by atoms with E-state index in [2.05, 4.69) is 5.32 Å². The number of para-hydroxylation sites is 1. The summed E-state index contributed by atoms with van der Waals surface area (Å²) < 4.78 is 21.5. The third-order valence-electron chi connectivity index (χ3n) is 7.08. The van der Waals surface area contributed by atoms with E-state index in [1.54, 1.807) is 12.1 Å². The first-order valence-electron chi connectivity index (χ1n) is 13.4. The first kappa shape index (κ1) is 27.3. The SMILES string of the molecule is CC(N)c1c(C(=O)Nc2ccccc2)c(-c2ccccc2)c(-c2ccc(F)cc2)n1CCC1CC(O)CC(=O)O1. The Hall–Kier alpha value is -4.27. The van der Waals surface area contributed by atoms with Crippen LogP contribution < -0.4 is 11.1 Å². The van der Waals surface area contributed by atoms with E-state index in [9.17, 15) is 19.1 Å². The number of nitrogens with one attached hydrogen (secondary N) is 1. The van der Waals surface area contributed by atoms with Crippen LogP contribution in [-0.4, -0.2) is 33.8 Å². The molecule has 7 nitrogen and oxygen atoms in total. The fraction of sp³-hybridized carbons (Fsp3) is 0.250. The molecule has 1 aromatic heterocycles. The van der Waals surface area contributed by atoms with Gasteiger partial charge in [-0.05, 0) is 54.4 Å². The Morgan fingerprint density at radius 2 is 1.70 bits per heavy atom. The molecule has 4 N–H and O–H groups in total. The van der Waals surface area contributed by atoms with E-state index in [1.807, 2.05) is 72.2 Å². The number of amides is 1. The molecule has 1 aliphatic heterocycles. The minimum atomic E-state index is -0.757. The topological polar surface area (TPSA) is 107 Å². The van der Waals surface area contributed by atoms with Crippen molar-refractivity contribution in [1.29, 1.82) is 0 Å². The van der Waals surface area contributed by atoms with Crippen molar-refractivity contribution >= 4 is 17.6 Å². The number of aliphatic hydroxyl groups is 1. The molecular formula is C32H32FN3O4. The predicted octanol–water partition coefficient (Wildman–Crippen LogP) is 5.69. The maximum Gasteiger partial charge on any atom is 0.308 e. The molecule has 0 spiro atoms. The summed E-state index contributed by atoms with van der Waals surface area (Å²) in [6.45, 7) is 2.17. The van der Waals surface area contributed by atoms with Gasteiger partial charge < -0.3 is 25.5 Å². The Balaban J connectivity index is 1.71. The fourth-order valence-corrected chi connectivity index (χ4v) is 5.39. The van der Waals surface area contributed by atoms with Gasteiger partial charge in [-0.3, -0.25) is 9.59 Å². The van der Waals surface area contributed by atoms with Gasteiger partial charge in [0.2, 0.25) is 0 Å². The highest BCUT2D eigenvalue weighted by Crippen LogP contribution is 2.42. The highest BCUT2D eigenvalue weighted by atomic mass is 19.1. The summed E-state index contributed by atoms with van der Waals surface area (Å²) in [4.78, 5) is 26.0. The number of benzene rings is 3. The second kappa shape index (κ2) is 11.9. The zero-order chi connectivity index (χ0) is 28.2. The van der Waals surface area contributed by atoms with Gasteiger partial charge >= 0.3 is 5.97 Å². The van der Waals surface area contributed by atoms with Gasteiger partial charge in [0, 0.05) is 42.4 Å². The Labute approximate surface area is 232 Å². The summed E-state index contributed by atoms with van der Waals surface area (Å²) >= 11 is 0. The molecule has 3 atom stereocenters. The van der Waals surface area contributed by atoms with Crippen molar-refractivity contribution in [2.24, 2.45) is 5.73 Å². The average molecular weight is 542 g/mol. The van der Waals surface area contributed by atoms with Crippen molar-refractivity contribution in [2.45, 2.75) is 51.0 Å². The molecule has 0 saturated carbocycles. The minimum absolute atomic E-state index is 0.0199. The summed E-state index contributed by atoms with van der Waals surface area (Å²) in [7, 11) is 0. The first-order chi connectivity index (χ1) is 19.3. The number of carbonyl (C=O) groups excluding carboxylic acids is 2. The number of hydrogen-bond acceptors (Lipinski definition) is 5. The Morgan fingerprint density at radius 1 is 1.05 bits per heavy atom. The number of aromatic nitrogens is 1. The van der Waals surface area contributed by atoms with Gasteiger partial charge in [0.05, 0.1) is 23.8 Å². The summed E-state index contributed by atoms with van der Waals surface area (Å²) in [5, 5.41) is 13.2. The van der Waals surface area contributed by atoms with E-state index >= 15 is 0 Å². The van der Waals surface area contributed by atoms with Crippen LogP contribution in [0.3, 0.4) is 0 Å². The van der Waals surface area contributed by atoms with E-state index in [4.69, 9.17) is 10.5 Å². The number of rotatable bonds is 8. The molecule has 8 heteroatoms. The zero-order valence-corrected chi connectivity index (χ0v) is 22.2.